The molecule has 3 heterocycles. The maximum Gasteiger partial charge on any atom is 0.254 e. The Bertz CT molecular complexity index is 1330. The van der Waals surface area contributed by atoms with Crippen molar-refractivity contribution >= 4 is 28.8 Å². The van der Waals surface area contributed by atoms with Gasteiger partial charge in [-0.05, 0) is 47.3 Å². The van der Waals surface area contributed by atoms with Crippen molar-refractivity contribution in [1.82, 2.24) is 15.1 Å². The Balaban J connectivity index is 1.49. The molecule has 178 valence electrons. The van der Waals surface area contributed by atoms with Crippen LogP contribution in [0.3, 0.4) is 0 Å². The van der Waals surface area contributed by atoms with Crippen LogP contribution in [0.4, 0.5) is 5.69 Å². The number of ether oxygens (including phenoxy) is 1. The lowest BCUT2D eigenvalue weighted by Crippen LogP contribution is -2.47. The number of methoxy groups -OCH3 is 1. The molecule has 0 saturated carbocycles. The number of carbonyl (C=O) groups excluding carboxylic acids is 2. The summed E-state index contributed by atoms with van der Waals surface area (Å²) in [5.41, 5.74) is 2.66. The average molecular weight is 489 g/mol. The van der Waals surface area contributed by atoms with E-state index < -0.39 is 12.0 Å². The Hall–Kier alpha value is -3.82. The van der Waals surface area contributed by atoms with Crippen LogP contribution in [0, 0.1) is 6.92 Å². The molecule has 0 bridgehead atoms. The van der Waals surface area contributed by atoms with Crippen LogP contribution in [0.25, 0.3) is 11.5 Å². The molecule has 2 aromatic carbocycles. The number of benzene rings is 2. The number of anilines is 1. The Labute approximate surface area is 206 Å². The molecular formula is C26H24N4O4S. The maximum absolute atomic E-state index is 13.8. The average Bonchev–Trinajstić information content (AvgIpc) is 3.56. The summed E-state index contributed by atoms with van der Waals surface area (Å²) in [6.45, 7) is 2.49. The van der Waals surface area contributed by atoms with E-state index in [-0.39, 0.29) is 11.8 Å². The molecule has 2 aromatic heterocycles. The molecule has 2 amide bonds. The Morgan fingerprint density at radius 1 is 1.11 bits per heavy atom. The largest absolute Gasteiger partial charge is 0.421 e. The third-order valence-electron chi connectivity index (χ3n) is 6.02. The summed E-state index contributed by atoms with van der Waals surface area (Å²) in [5.74, 6) is 0.0382. The lowest BCUT2D eigenvalue weighted by atomic mass is 9.81. The first-order valence-electron chi connectivity index (χ1n) is 11.2. The highest BCUT2D eigenvalue weighted by Gasteiger charge is 2.44. The molecule has 8 nitrogen and oxygen atoms in total. The van der Waals surface area contributed by atoms with E-state index in [1.165, 1.54) is 11.3 Å². The van der Waals surface area contributed by atoms with Gasteiger partial charge in [-0.1, -0.05) is 24.3 Å². The summed E-state index contributed by atoms with van der Waals surface area (Å²) in [5, 5.41) is 12.9. The maximum atomic E-state index is 13.8. The van der Waals surface area contributed by atoms with Crippen LogP contribution in [-0.2, 0) is 9.53 Å². The fraction of sp³-hybridized carbons (Fsp3) is 0.231. The first-order chi connectivity index (χ1) is 17.1. The molecule has 0 spiro atoms. The van der Waals surface area contributed by atoms with Crippen LogP contribution in [0.15, 0.2) is 70.5 Å². The second kappa shape index (κ2) is 9.81. The van der Waals surface area contributed by atoms with Gasteiger partial charge in [-0.2, -0.15) is 0 Å². The minimum Gasteiger partial charge on any atom is -0.421 e. The fourth-order valence-electron chi connectivity index (χ4n) is 4.42. The van der Waals surface area contributed by atoms with E-state index in [1.54, 1.807) is 37.1 Å². The van der Waals surface area contributed by atoms with E-state index in [1.807, 2.05) is 47.8 Å². The summed E-state index contributed by atoms with van der Waals surface area (Å²) in [6, 6.07) is 18.1. The summed E-state index contributed by atoms with van der Waals surface area (Å²) in [7, 11) is 1.60. The van der Waals surface area contributed by atoms with Crippen molar-refractivity contribution in [2.75, 3.05) is 25.6 Å². The monoisotopic (exact) mass is 488 g/mol. The number of carbonyl (C=O) groups is 2. The Morgan fingerprint density at radius 2 is 1.91 bits per heavy atom. The highest BCUT2D eigenvalue weighted by molar-refractivity contribution is 7.10. The SMILES string of the molecule is COCCN1C(=O)c2ccccc2C(C(=O)Nc2ccc(-c3nnc(C)o3)cc2)C1c1cccs1. The van der Waals surface area contributed by atoms with Gasteiger partial charge < -0.3 is 19.4 Å². The number of rotatable bonds is 7. The molecule has 35 heavy (non-hydrogen) atoms. The van der Waals surface area contributed by atoms with E-state index in [9.17, 15) is 9.59 Å². The number of aryl methyl sites for hydroxylation is 1. The van der Waals surface area contributed by atoms with Gasteiger partial charge in [-0.3, -0.25) is 9.59 Å². The molecule has 2 atom stereocenters. The van der Waals surface area contributed by atoms with Gasteiger partial charge in [0.25, 0.3) is 5.91 Å². The third kappa shape index (κ3) is 4.48. The normalized spacial score (nSPS) is 17.3. The van der Waals surface area contributed by atoms with Gasteiger partial charge in [-0.15, -0.1) is 21.5 Å². The van der Waals surface area contributed by atoms with Crippen molar-refractivity contribution in [3.8, 4) is 11.5 Å². The van der Waals surface area contributed by atoms with Crippen molar-refractivity contribution in [2.24, 2.45) is 0 Å². The zero-order valence-corrected chi connectivity index (χ0v) is 20.1. The minimum atomic E-state index is -0.585. The van der Waals surface area contributed by atoms with Gasteiger partial charge >= 0.3 is 0 Å². The highest BCUT2D eigenvalue weighted by atomic mass is 32.1. The minimum absolute atomic E-state index is 0.0979. The number of nitrogens with one attached hydrogen (secondary N) is 1. The number of nitrogens with zero attached hydrogens (tertiary/aromatic N) is 3. The lowest BCUT2D eigenvalue weighted by Gasteiger charge is -2.41. The number of amides is 2. The summed E-state index contributed by atoms with van der Waals surface area (Å²) in [6.07, 6.45) is 0. The molecule has 9 heteroatoms. The molecule has 1 N–H and O–H groups in total. The number of fused-ring (bicyclic) bond motifs is 1. The van der Waals surface area contributed by atoms with Crippen LogP contribution < -0.4 is 5.32 Å². The van der Waals surface area contributed by atoms with Crippen LogP contribution in [0.2, 0.25) is 0 Å². The molecule has 1 aliphatic rings. The van der Waals surface area contributed by atoms with E-state index in [2.05, 4.69) is 15.5 Å². The molecule has 1 aliphatic heterocycles. The van der Waals surface area contributed by atoms with Gasteiger partial charge in [0.05, 0.1) is 18.6 Å². The molecule has 2 unspecified atom stereocenters. The van der Waals surface area contributed by atoms with Crippen LogP contribution in [0.1, 0.15) is 38.6 Å². The number of hydrogen-bond donors (Lipinski definition) is 1. The van der Waals surface area contributed by atoms with Gasteiger partial charge in [0.1, 0.15) is 0 Å². The van der Waals surface area contributed by atoms with Crippen molar-refractivity contribution in [3.63, 3.8) is 0 Å². The smallest absolute Gasteiger partial charge is 0.254 e. The molecule has 0 saturated heterocycles. The van der Waals surface area contributed by atoms with Gasteiger partial charge in [-0.25, -0.2) is 0 Å². The molecule has 0 radical (unpaired) electrons. The fourth-order valence-corrected chi connectivity index (χ4v) is 5.29. The lowest BCUT2D eigenvalue weighted by molar-refractivity contribution is -0.119. The first-order valence-corrected chi connectivity index (χ1v) is 12.1. The van der Waals surface area contributed by atoms with Crippen LogP contribution >= 0.6 is 11.3 Å². The van der Waals surface area contributed by atoms with E-state index in [0.29, 0.717) is 36.2 Å². The number of thiophene rings is 1. The van der Waals surface area contributed by atoms with E-state index in [4.69, 9.17) is 9.15 Å². The van der Waals surface area contributed by atoms with Gasteiger partial charge in [0, 0.05) is 42.3 Å². The Kier molecular flexibility index (Phi) is 6.43. The summed E-state index contributed by atoms with van der Waals surface area (Å²) in [4.78, 5) is 30.0. The summed E-state index contributed by atoms with van der Waals surface area (Å²) >= 11 is 1.53. The second-order valence-electron chi connectivity index (χ2n) is 8.21. The van der Waals surface area contributed by atoms with E-state index in [0.717, 1.165) is 16.0 Å². The van der Waals surface area contributed by atoms with Gasteiger partial charge in [0.15, 0.2) is 0 Å². The van der Waals surface area contributed by atoms with Crippen molar-refractivity contribution in [3.05, 3.63) is 87.9 Å². The third-order valence-corrected chi connectivity index (χ3v) is 6.96. The predicted octanol–water partition coefficient (Wildman–Crippen LogP) is 4.67. The van der Waals surface area contributed by atoms with Gasteiger partial charge in [0.2, 0.25) is 17.7 Å². The molecule has 0 aliphatic carbocycles. The van der Waals surface area contributed by atoms with Crippen molar-refractivity contribution in [2.45, 2.75) is 18.9 Å². The highest BCUT2D eigenvalue weighted by Crippen LogP contribution is 2.44. The quantitative estimate of drug-likeness (QED) is 0.406. The molecular weight excluding hydrogens is 464 g/mol. The number of hydrogen-bond acceptors (Lipinski definition) is 7. The van der Waals surface area contributed by atoms with Crippen LogP contribution in [0.5, 0.6) is 0 Å². The zero-order valence-electron chi connectivity index (χ0n) is 19.3. The zero-order chi connectivity index (χ0) is 24.4. The number of aromatic nitrogens is 2. The second-order valence-corrected chi connectivity index (χ2v) is 9.19. The standard InChI is InChI=1S/C26H24N4O4S/c1-16-28-29-25(34-16)17-9-11-18(12-10-17)27-24(31)22-19-6-3-4-7-20(19)26(32)30(13-14-33-2)23(22)21-8-5-15-35-21/h3-12,15,22-23H,13-14H2,1-2H3,(H,27,31). The first kappa shape index (κ1) is 22.9. The topological polar surface area (TPSA) is 97.6 Å². The molecule has 4 aromatic rings. The summed E-state index contributed by atoms with van der Waals surface area (Å²) < 4.78 is 10.8. The predicted molar refractivity (Wildman–Crippen MR) is 132 cm³/mol. The molecule has 5 rings (SSSR count). The molecule has 0 fully saturated rings. The van der Waals surface area contributed by atoms with Crippen LogP contribution in [-0.4, -0.2) is 47.2 Å². The van der Waals surface area contributed by atoms with Crippen molar-refractivity contribution < 1.29 is 18.7 Å². The Morgan fingerprint density at radius 3 is 2.60 bits per heavy atom. The van der Waals surface area contributed by atoms with Crippen molar-refractivity contribution in [1.29, 1.82) is 0 Å². The van der Waals surface area contributed by atoms with E-state index >= 15 is 0 Å².